The van der Waals surface area contributed by atoms with Gasteiger partial charge >= 0.3 is 0 Å². The topological polar surface area (TPSA) is 71.1 Å². The summed E-state index contributed by atoms with van der Waals surface area (Å²) >= 11 is 0. The average molecular weight is 452 g/mol. The van der Waals surface area contributed by atoms with Crippen molar-refractivity contribution < 1.29 is 19.1 Å². The van der Waals surface area contributed by atoms with Crippen LogP contribution in [0.25, 0.3) is 0 Å². The van der Waals surface area contributed by atoms with E-state index in [1.807, 2.05) is 55.5 Å². The zero-order chi connectivity index (χ0) is 23.2. The van der Waals surface area contributed by atoms with Crippen molar-refractivity contribution in [3.63, 3.8) is 0 Å². The maximum atomic E-state index is 13.0. The fourth-order valence-corrected chi connectivity index (χ4v) is 4.53. The number of nitrogens with zero attached hydrogens (tertiary/aromatic N) is 2. The highest BCUT2D eigenvalue weighted by molar-refractivity contribution is 5.89. The molecule has 2 heterocycles. The van der Waals surface area contributed by atoms with E-state index in [0.29, 0.717) is 32.8 Å². The van der Waals surface area contributed by atoms with Crippen LogP contribution in [0.5, 0.6) is 5.75 Å². The van der Waals surface area contributed by atoms with E-state index in [1.165, 1.54) is 5.56 Å². The summed E-state index contributed by atoms with van der Waals surface area (Å²) in [6, 6.07) is 16.2. The van der Waals surface area contributed by atoms with Gasteiger partial charge in [-0.15, -0.1) is 0 Å². The molecule has 2 saturated heterocycles. The van der Waals surface area contributed by atoms with Crippen molar-refractivity contribution in [2.24, 2.45) is 5.92 Å². The number of hydrogen-bond acceptors (Lipinski definition) is 5. The lowest BCUT2D eigenvalue weighted by Crippen LogP contribution is -2.45. The number of morpholine rings is 1. The van der Waals surface area contributed by atoms with Crippen LogP contribution in [0.2, 0.25) is 0 Å². The summed E-state index contributed by atoms with van der Waals surface area (Å²) in [6.45, 7) is 6.55. The third-order valence-corrected chi connectivity index (χ3v) is 6.54. The van der Waals surface area contributed by atoms with Gasteiger partial charge in [-0.25, -0.2) is 0 Å². The minimum absolute atomic E-state index is 0.0376. The molecule has 2 aliphatic heterocycles. The molecular weight excluding hydrogens is 418 g/mol. The molecule has 4 rings (SSSR count). The molecule has 2 atom stereocenters. The summed E-state index contributed by atoms with van der Waals surface area (Å²) < 4.78 is 10.8. The van der Waals surface area contributed by atoms with Crippen molar-refractivity contribution in [2.75, 3.05) is 46.5 Å². The summed E-state index contributed by atoms with van der Waals surface area (Å²) in [5.41, 5.74) is 3.40. The maximum absolute atomic E-state index is 13.0. The molecule has 2 fully saturated rings. The van der Waals surface area contributed by atoms with Gasteiger partial charge in [-0.2, -0.15) is 0 Å². The zero-order valence-corrected chi connectivity index (χ0v) is 19.5. The first-order chi connectivity index (χ1) is 16.0. The van der Waals surface area contributed by atoms with Crippen molar-refractivity contribution in [3.05, 3.63) is 65.2 Å². The number of carbonyl (C=O) groups excluding carboxylic acids is 2. The largest absolute Gasteiger partial charge is 0.497 e. The fourth-order valence-electron chi connectivity index (χ4n) is 4.53. The predicted molar refractivity (Wildman–Crippen MR) is 126 cm³/mol. The number of hydrogen-bond donors (Lipinski definition) is 1. The van der Waals surface area contributed by atoms with Crippen molar-refractivity contribution >= 4 is 11.8 Å². The molecule has 2 aromatic carbocycles. The zero-order valence-electron chi connectivity index (χ0n) is 19.5. The summed E-state index contributed by atoms with van der Waals surface area (Å²) in [6.07, 6.45) is 0.266. The smallest absolute Gasteiger partial charge is 0.225 e. The lowest BCUT2D eigenvalue weighted by molar-refractivity contribution is -0.129. The number of likely N-dealkylation sites (tertiary alicyclic amines) is 1. The number of aryl methyl sites for hydroxylation is 1. The monoisotopic (exact) mass is 451 g/mol. The fraction of sp³-hybridized carbons (Fsp3) is 0.462. The number of rotatable bonds is 8. The Kier molecular flexibility index (Phi) is 7.62. The number of ether oxygens (including phenoxy) is 2. The molecule has 7 nitrogen and oxygen atoms in total. The van der Waals surface area contributed by atoms with Gasteiger partial charge in [0, 0.05) is 39.1 Å². The van der Waals surface area contributed by atoms with Crippen LogP contribution in [0.1, 0.15) is 29.2 Å². The molecule has 33 heavy (non-hydrogen) atoms. The van der Waals surface area contributed by atoms with E-state index in [1.54, 1.807) is 12.0 Å². The Morgan fingerprint density at radius 3 is 2.48 bits per heavy atom. The molecule has 7 heteroatoms. The molecule has 0 aromatic heterocycles. The van der Waals surface area contributed by atoms with E-state index in [4.69, 9.17) is 9.47 Å². The second kappa shape index (κ2) is 10.8. The van der Waals surface area contributed by atoms with Gasteiger partial charge in [0.15, 0.2) is 0 Å². The Bertz CT molecular complexity index is 939. The summed E-state index contributed by atoms with van der Waals surface area (Å²) in [7, 11) is 1.65. The van der Waals surface area contributed by atoms with Crippen LogP contribution in [0.3, 0.4) is 0 Å². The van der Waals surface area contributed by atoms with Gasteiger partial charge < -0.3 is 19.7 Å². The van der Waals surface area contributed by atoms with Crippen LogP contribution in [-0.4, -0.2) is 68.1 Å². The molecule has 0 saturated carbocycles. The first-order valence-electron chi connectivity index (χ1n) is 11.6. The molecular formula is C26H33N3O4. The SMILES string of the molecule is COc1ccc([C@H](CNC(=O)[C@@H]2CC(=O)N(Cc3ccc(C)cc3)C2)N2CCOCC2)cc1. The van der Waals surface area contributed by atoms with Crippen molar-refractivity contribution in [2.45, 2.75) is 25.9 Å². The molecule has 2 aliphatic rings. The van der Waals surface area contributed by atoms with E-state index < -0.39 is 0 Å². The predicted octanol–water partition coefficient (Wildman–Crippen LogP) is 2.54. The number of nitrogens with one attached hydrogen (secondary N) is 1. The van der Waals surface area contributed by atoms with Gasteiger partial charge in [0.05, 0.1) is 32.3 Å². The van der Waals surface area contributed by atoms with Gasteiger partial charge in [-0.05, 0) is 30.2 Å². The molecule has 0 unspecified atom stereocenters. The molecule has 0 radical (unpaired) electrons. The van der Waals surface area contributed by atoms with E-state index in [0.717, 1.165) is 30.0 Å². The van der Waals surface area contributed by atoms with Crippen molar-refractivity contribution in [3.8, 4) is 5.75 Å². The molecule has 1 N–H and O–H groups in total. The van der Waals surface area contributed by atoms with E-state index in [2.05, 4.69) is 10.2 Å². The third-order valence-electron chi connectivity index (χ3n) is 6.54. The Morgan fingerprint density at radius 1 is 1.12 bits per heavy atom. The molecule has 176 valence electrons. The first kappa shape index (κ1) is 23.3. The van der Waals surface area contributed by atoms with E-state index >= 15 is 0 Å². The van der Waals surface area contributed by atoms with Gasteiger partial charge in [-0.3, -0.25) is 14.5 Å². The number of benzene rings is 2. The highest BCUT2D eigenvalue weighted by atomic mass is 16.5. The number of amides is 2. The van der Waals surface area contributed by atoms with Crippen LogP contribution in [0.4, 0.5) is 0 Å². The Hall–Kier alpha value is -2.90. The third kappa shape index (κ3) is 5.92. The lowest BCUT2D eigenvalue weighted by Gasteiger charge is -2.35. The van der Waals surface area contributed by atoms with E-state index in [-0.39, 0.29) is 30.2 Å². The van der Waals surface area contributed by atoms with Crippen molar-refractivity contribution in [1.29, 1.82) is 0 Å². The summed E-state index contributed by atoms with van der Waals surface area (Å²) in [5.74, 6) is 0.475. The van der Waals surface area contributed by atoms with Crippen LogP contribution < -0.4 is 10.1 Å². The molecule has 0 bridgehead atoms. The molecule has 2 amide bonds. The molecule has 0 aliphatic carbocycles. The minimum Gasteiger partial charge on any atom is -0.497 e. The van der Waals surface area contributed by atoms with Crippen LogP contribution in [-0.2, 0) is 20.9 Å². The van der Waals surface area contributed by atoms with Gasteiger partial charge in [0.25, 0.3) is 0 Å². The van der Waals surface area contributed by atoms with Crippen LogP contribution in [0.15, 0.2) is 48.5 Å². The number of carbonyl (C=O) groups is 2. The minimum atomic E-state index is -0.316. The van der Waals surface area contributed by atoms with Gasteiger partial charge in [0.1, 0.15) is 5.75 Å². The standard InChI is InChI=1S/C26H33N3O4/c1-19-3-5-20(6-4-19)17-29-18-22(15-25(29)30)26(31)27-16-24(28-11-13-33-14-12-28)21-7-9-23(32-2)10-8-21/h3-10,22,24H,11-18H2,1-2H3,(H,27,31)/t22-,24+/m1/s1. The van der Waals surface area contributed by atoms with E-state index in [9.17, 15) is 9.59 Å². The summed E-state index contributed by atoms with van der Waals surface area (Å²) in [5, 5.41) is 3.13. The highest BCUT2D eigenvalue weighted by Crippen LogP contribution is 2.25. The average Bonchev–Trinajstić information content (AvgIpc) is 3.22. The normalized spacial score (nSPS) is 20.0. The first-order valence-corrected chi connectivity index (χ1v) is 11.6. The van der Waals surface area contributed by atoms with Crippen LogP contribution >= 0.6 is 0 Å². The Morgan fingerprint density at radius 2 is 1.82 bits per heavy atom. The van der Waals surface area contributed by atoms with Crippen LogP contribution in [0, 0.1) is 12.8 Å². The second-order valence-electron chi connectivity index (χ2n) is 8.84. The Labute approximate surface area is 195 Å². The molecule has 0 spiro atoms. The molecule has 2 aromatic rings. The van der Waals surface area contributed by atoms with Gasteiger partial charge in [-0.1, -0.05) is 42.0 Å². The summed E-state index contributed by atoms with van der Waals surface area (Å²) in [4.78, 5) is 29.7. The highest BCUT2D eigenvalue weighted by Gasteiger charge is 2.34. The maximum Gasteiger partial charge on any atom is 0.225 e. The number of methoxy groups -OCH3 is 1. The quantitative estimate of drug-likeness (QED) is 0.668. The Balaban J connectivity index is 1.37. The van der Waals surface area contributed by atoms with Gasteiger partial charge in [0.2, 0.25) is 11.8 Å². The second-order valence-corrected chi connectivity index (χ2v) is 8.84. The van der Waals surface area contributed by atoms with Crippen molar-refractivity contribution in [1.82, 2.24) is 15.1 Å². The lowest BCUT2D eigenvalue weighted by atomic mass is 10.0.